The largest absolute Gasteiger partial charge is 0.327 e. The molecule has 1 unspecified atom stereocenters. The lowest BCUT2D eigenvalue weighted by Crippen LogP contribution is -2.21. The maximum Gasteiger partial charge on any atom is 0.159 e. The van der Waals surface area contributed by atoms with Crippen molar-refractivity contribution in [1.82, 2.24) is 9.97 Å². The Hall–Kier alpha value is -1.81. The van der Waals surface area contributed by atoms with Crippen LogP contribution in [-0.4, -0.2) is 16.0 Å². The van der Waals surface area contributed by atoms with Crippen molar-refractivity contribution >= 4 is 0 Å². The molecule has 4 heteroatoms. The normalized spacial score (nSPS) is 12.4. The van der Waals surface area contributed by atoms with Crippen LogP contribution in [0.5, 0.6) is 0 Å². The molecule has 0 saturated carbocycles. The maximum absolute atomic E-state index is 13.1. The molecule has 0 radical (unpaired) electrons. The van der Waals surface area contributed by atoms with Crippen LogP contribution in [0.1, 0.15) is 24.5 Å². The molecule has 0 bridgehead atoms. The molecule has 1 heterocycles. The van der Waals surface area contributed by atoms with E-state index in [4.69, 9.17) is 5.73 Å². The number of aromatic nitrogens is 2. The lowest BCUT2D eigenvalue weighted by Gasteiger charge is -2.09. The van der Waals surface area contributed by atoms with E-state index in [0.717, 1.165) is 29.5 Å². The minimum Gasteiger partial charge on any atom is -0.327 e. The molecule has 2 aromatic rings. The lowest BCUT2D eigenvalue weighted by atomic mass is 10.1. The lowest BCUT2D eigenvalue weighted by molar-refractivity contribution is 0.626. The molecular formula is C15H18FN3. The Morgan fingerprint density at radius 2 is 1.95 bits per heavy atom. The highest BCUT2D eigenvalue weighted by molar-refractivity contribution is 5.59. The molecule has 2 rings (SSSR count). The smallest absolute Gasteiger partial charge is 0.159 e. The van der Waals surface area contributed by atoms with Gasteiger partial charge in [-0.2, -0.15) is 0 Å². The van der Waals surface area contributed by atoms with Crippen molar-refractivity contribution < 1.29 is 4.39 Å². The van der Waals surface area contributed by atoms with Gasteiger partial charge in [0, 0.05) is 24.0 Å². The third kappa shape index (κ3) is 3.35. The molecule has 1 aromatic heterocycles. The molecule has 3 nitrogen and oxygen atoms in total. The number of benzene rings is 1. The third-order valence-corrected chi connectivity index (χ3v) is 3.16. The van der Waals surface area contributed by atoms with Crippen LogP contribution >= 0.6 is 0 Å². The molecule has 0 aliphatic rings. The van der Waals surface area contributed by atoms with Crippen molar-refractivity contribution in [2.24, 2.45) is 5.73 Å². The summed E-state index contributed by atoms with van der Waals surface area (Å²) in [4.78, 5) is 8.68. The summed E-state index contributed by atoms with van der Waals surface area (Å²) in [6.45, 7) is 3.91. The fourth-order valence-corrected chi connectivity index (χ4v) is 1.92. The summed E-state index contributed by atoms with van der Waals surface area (Å²) in [5, 5.41) is 0. The fourth-order valence-electron chi connectivity index (χ4n) is 1.92. The molecule has 1 atom stereocenters. The van der Waals surface area contributed by atoms with Gasteiger partial charge in [-0.05, 0) is 49.1 Å². The number of hydrogen-bond acceptors (Lipinski definition) is 3. The molecule has 1 aromatic carbocycles. The van der Waals surface area contributed by atoms with Gasteiger partial charge in [-0.15, -0.1) is 0 Å². The average molecular weight is 259 g/mol. The van der Waals surface area contributed by atoms with Crippen molar-refractivity contribution in [3.05, 3.63) is 47.5 Å². The van der Waals surface area contributed by atoms with Gasteiger partial charge in [0.15, 0.2) is 5.82 Å². The monoisotopic (exact) mass is 259 g/mol. The van der Waals surface area contributed by atoms with Gasteiger partial charge in [0.2, 0.25) is 0 Å². The predicted molar refractivity (Wildman–Crippen MR) is 74.1 cm³/mol. The first kappa shape index (κ1) is 13.6. The van der Waals surface area contributed by atoms with E-state index in [1.807, 2.05) is 6.92 Å². The Bertz CT molecular complexity index is 552. The Morgan fingerprint density at radius 3 is 2.53 bits per heavy atom. The van der Waals surface area contributed by atoms with Crippen molar-refractivity contribution in [1.29, 1.82) is 0 Å². The van der Waals surface area contributed by atoms with Gasteiger partial charge in [-0.1, -0.05) is 6.92 Å². The molecule has 0 aliphatic carbocycles. The zero-order chi connectivity index (χ0) is 13.8. The van der Waals surface area contributed by atoms with Crippen LogP contribution in [0.3, 0.4) is 0 Å². The Morgan fingerprint density at radius 1 is 1.26 bits per heavy atom. The SMILES string of the molecule is CCC(N)Cc1cnc(-c2ccc(F)cc2C)nc1. The number of nitrogens with zero attached hydrogens (tertiary/aromatic N) is 2. The first-order chi connectivity index (χ1) is 9.10. The van der Waals surface area contributed by atoms with Crippen molar-refractivity contribution in [3.8, 4) is 11.4 Å². The van der Waals surface area contributed by atoms with Crippen molar-refractivity contribution in [3.63, 3.8) is 0 Å². The van der Waals surface area contributed by atoms with Gasteiger partial charge in [-0.3, -0.25) is 0 Å². The van der Waals surface area contributed by atoms with Crippen LogP contribution in [0.2, 0.25) is 0 Å². The molecule has 0 saturated heterocycles. The van der Waals surface area contributed by atoms with E-state index in [1.165, 1.54) is 12.1 Å². The van der Waals surface area contributed by atoms with Gasteiger partial charge in [0.25, 0.3) is 0 Å². The van der Waals surface area contributed by atoms with E-state index < -0.39 is 0 Å². The predicted octanol–water partition coefficient (Wildman–Crippen LogP) is 2.87. The molecule has 0 spiro atoms. The molecule has 0 amide bonds. The van der Waals surface area contributed by atoms with Gasteiger partial charge < -0.3 is 5.73 Å². The zero-order valence-electron chi connectivity index (χ0n) is 11.2. The van der Waals surface area contributed by atoms with Crippen LogP contribution in [0.15, 0.2) is 30.6 Å². The molecular weight excluding hydrogens is 241 g/mol. The standard InChI is InChI=1S/C15H18FN3/c1-3-13(17)7-11-8-18-15(19-9-11)14-5-4-12(16)6-10(14)2/h4-6,8-9,13H,3,7,17H2,1-2H3. The first-order valence-corrected chi connectivity index (χ1v) is 6.43. The maximum atomic E-state index is 13.1. The Labute approximate surface area is 112 Å². The summed E-state index contributed by atoms with van der Waals surface area (Å²) >= 11 is 0. The van der Waals surface area contributed by atoms with E-state index >= 15 is 0 Å². The quantitative estimate of drug-likeness (QED) is 0.918. The highest BCUT2D eigenvalue weighted by atomic mass is 19.1. The fraction of sp³-hybridized carbons (Fsp3) is 0.333. The summed E-state index contributed by atoms with van der Waals surface area (Å²) in [6.07, 6.45) is 5.29. The topological polar surface area (TPSA) is 51.8 Å². The third-order valence-electron chi connectivity index (χ3n) is 3.16. The number of halogens is 1. The van der Waals surface area contributed by atoms with Gasteiger partial charge in [0.05, 0.1) is 0 Å². The van der Waals surface area contributed by atoms with Gasteiger partial charge in [-0.25, -0.2) is 14.4 Å². The highest BCUT2D eigenvalue weighted by Crippen LogP contribution is 2.20. The molecule has 0 aliphatic heterocycles. The molecule has 0 fully saturated rings. The average Bonchev–Trinajstić information content (AvgIpc) is 2.40. The van der Waals surface area contributed by atoms with Crippen LogP contribution in [0, 0.1) is 12.7 Å². The second-order valence-corrected chi connectivity index (χ2v) is 4.75. The summed E-state index contributed by atoms with van der Waals surface area (Å²) in [5.41, 5.74) is 8.61. The number of hydrogen-bond donors (Lipinski definition) is 1. The van der Waals surface area contributed by atoms with Gasteiger partial charge in [0.1, 0.15) is 5.82 Å². The molecule has 19 heavy (non-hydrogen) atoms. The van der Waals surface area contributed by atoms with E-state index in [2.05, 4.69) is 16.9 Å². The second kappa shape index (κ2) is 5.89. The number of aryl methyl sites for hydroxylation is 1. The van der Waals surface area contributed by atoms with Crippen LogP contribution < -0.4 is 5.73 Å². The van der Waals surface area contributed by atoms with Crippen LogP contribution in [-0.2, 0) is 6.42 Å². The summed E-state index contributed by atoms with van der Waals surface area (Å²) < 4.78 is 13.1. The van der Waals surface area contributed by atoms with Crippen molar-refractivity contribution in [2.75, 3.05) is 0 Å². The highest BCUT2D eigenvalue weighted by Gasteiger charge is 2.07. The van der Waals surface area contributed by atoms with E-state index in [1.54, 1.807) is 18.5 Å². The zero-order valence-corrected chi connectivity index (χ0v) is 11.2. The van der Waals surface area contributed by atoms with E-state index in [-0.39, 0.29) is 11.9 Å². The Kier molecular flexibility index (Phi) is 4.22. The minimum absolute atomic E-state index is 0.141. The van der Waals surface area contributed by atoms with Crippen molar-refractivity contribution in [2.45, 2.75) is 32.7 Å². The van der Waals surface area contributed by atoms with Gasteiger partial charge >= 0.3 is 0 Å². The minimum atomic E-state index is -0.244. The summed E-state index contributed by atoms with van der Waals surface area (Å²) in [5.74, 6) is 0.373. The number of rotatable bonds is 4. The number of nitrogens with two attached hydrogens (primary N) is 1. The van der Waals surface area contributed by atoms with Crippen LogP contribution in [0.25, 0.3) is 11.4 Å². The molecule has 2 N–H and O–H groups in total. The van der Waals surface area contributed by atoms with E-state index in [0.29, 0.717) is 5.82 Å². The van der Waals surface area contributed by atoms with Crippen LogP contribution in [0.4, 0.5) is 4.39 Å². The summed E-state index contributed by atoms with van der Waals surface area (Å²) in [6, 6.07) is 4.76. The molecule has 100 valence electrons. The van der Waals surface area contributed by atoms with E-state index in [9.17, 15) is 4.39 Å². The second-order valence-electron chi connectivity index (χ2n) is 4.75. The summed E-state index contributed by atoms with van der Waals surface area (Å²) in [7, 11) is 0. The Balaban J connectivity index is 2.22. The first-order valence-electron chi connectivity index (χ1n) is 6.43.